The highest BCUT2D eigenvalue weighted by molar-refractivity contribution is 7.78. The van der Waals surface area contributed by atoms with E-state index in [1.165, 1.54) is 12.8 Å². The molecule has 0 radical (unpaired) electrons. The summed E-state index contributed by atoms with van der Waals surface area (Å²) < 4.78 is 34.5. The van der Waals surface area contributed by atoms with Crippen LogP contribution < -0.4 is 4.72 Å². The van der Waals surface area contributed by atoms with Gasteiger partial charge in [0, 0.05) is 6.54 Å². The summed E-state index contributed by atoms with van der Waals surface area (Å²) >= 11 is 3.80. The molecule has 0 aliphatic heterocycles. The lowest BCUT2D eigenvalue weighted by molar-refractivity contribution is -0.192. The van der Waals surface area contributed by atoms with E-state index in [2.05, 4.69) is 24.5 Å². The molecular weight excluding hydrogens is 207 g/mol. The molecule has 0 aromatic heterocycles. The molecule has 0 fully saturated rings. The summed E-state index contributed by atoms with van der Waals surface area (Å²) in [7, 11) is 0. The minimum absolute atomic E-state index is 1.03. The Hall–Kier alpha value is -0.430. The highest BCUT2D eigenvalue weighted by Crippen LogP contribution is 2.13. The third kappa shape index (κ3) is 14.4. The minimum Gasteiger partial charge on any atom is -0.475 e. The number of carboxylic acid groups (broad SMARTS) is 1. The monoisotopic (exact) mass is 219 g/mol. The van der Waals surface area contributed by atoms with Crippen molar-refractivity contribution in [3.63, 3.8) is 0 Å². The molecule has 80 valence electrons. The van der Waals surface area contributed by atoms with Crippen molar-refractivity contribution in [3.8, 4) is 0 Å². The topological polar surface area (TPSA) is 49.3 Å². The molecule has 0 heterocycles. The van der Waals surface area contributed by atoms with E-state index in [-0.39, 0.29) is 0 Å². The molecular formula is C6H12F3NO2S. The Morgan fingerprint density at radius 2 is 1.92 bits per heavy atom. The SMILES string of the molecule is CCCCNS.O=C(O)C(F)(F)F. The minimum atomic E-state index is -5.08. The van der Waals surface area contributed by atoms with Crippen LogP contribution in [0.1, 0.15) is 19.8 Å². The Morgan fingerprint density at radius 1 is 1.54 bits per heavy atom. The molecule has 2 N–H and O–H groups in total. The van der Waals surface area contributed by atoms with Crippen molar-refractivity contribution in [2.24, 2.45) is 0 Å². The predicted molar refractivity (Wildman–Crippen MR) is 45.6 cm³/mol. The molecule has 3 nitrogen and oxygen atoms in total. The maximum atomic E-state index is 10.6. The van der Waals surface area contributed by atoms with Crippen molar-refractivity contribution >= 4 is 18.8 Å². The molecule has 13 heavy (non-hydrogen) atoms. The molecule has 7 heteroatoms. The fraction of sp³-hybridized carbons (Fsp3) is 0.833. The zero-order valence-corrected chi connectivity index (χ0v) is 7.95. The third-order valence-corrected chi connectivity index (χ3v) is 1.11. The van der Waals surface area contributed by atoms with Gasteiger partial charge in [-0.15, -0.1) is 0 Å². The first kappa shape index (κ1) is 15.1. The molecule has 0 saturated carbocycles. The van der Waals surface area contributed by atoms with Gasteiger partial charge in [0.05, 0.1) is 0 Å². The van der Waals surface area contributed by atoms with E-state index in [0.717, 1.165) is 6.54 Å². The number of nitrogens with one attached hydrogen (secondary N) is 1. The van der Waals surface area contributed by atoms with E-state index < -0.39 is 12.1 Å². The van der Waals surface area contributed by atoms with Crippen LogP contribution in [-0.4, -0.2) is 23.8 Å². The van der Waals surface area contributed by atoms with Gasteiger partial charge in [0.15, 0.2) is 0 Å². The van der Waals surface area contributed by atoms with Crippen LogP contribution in [0.25, 0.3) is 0 Å². The van der Waals surface area contributed by atoms with Crippen molar-refractivity contribution in [1.82, 2.24) is 4.72 Å². The zero-order valence-electron chi connectivity index (χ0n) is 7.06. The van der Waals surface area contributed by atoms with Gasteiger partial charge in [-0.3, -0.25) is 4.72 Å². The Bertz CT molecular complexity index is 136. The molecule has 0 unspecified atom stereocenters. The van der Waals surface area contributed by atoms with E-state index >= 15 is 0 Å². The molecule has 0 aromatic carbocycles. The summed E-state index contributed by atoms with van der Waals surface area (Å²) in [6.07, 6.45) is -2.61. The van der Waals surface area contributed by atoms with E-state index in [1.807, 2.05) is 0 Å². The number of alkyl halides is 3. The van der Waals surface area contributed by atoms with Gasteiger partial charge >= 0.3 is 12.1 Å². The average Bonchev–Trinajstić information content (AvgIpc) is 2.00. The Morgan fingerprint density at radius 3 is 2.00 bits per heavy atom. The van der Waals surface area contributed by atoms with Gasteiger partial charge < -0.3 is 5.11 Å². The first-order chi connectivity index (χ1) is 5.86. The number of unbranched alkanes of at least 4 members (excludes halogenated alkanes) is 1. The largest absolute Gasteiger partial charge is 0.490 e. The molecule has 0 aliphatic rings. The number of hydrogen-bond acceptors (Lipinski definition) is 3. The predicted octanol–water partition coefficient (Wildman–Crippen LogP) is 1.85. The molecule has 0 bridgehead atoms. The zero-order chi connectivity index (χ0) is 10.9. The highest BCUT2D eigenvalue weighted by atomic mass is 32.1. The smallest absolute Gasteiger partial charge is 0.475 e. The van der Waals surface area contributed by atoms with Gasteiger partial charge in [-0.05, 0) is 6.42 Å². The van der Waals surface area contributed by atoms with Crippen LogP contribution in [0.2, 0.25) is 0 Å². The third-order valence-electron chi connectivity index (χ3n) is 0.885. The van der Waals surface area contributed by atoms with Crippen LogP contribution in [0.15, 0.2) is 0 Å². The number of halogens is 3. The molecule has 0 amide bonds. The van der Waals surface area contributed by atoms with Crippen LogP contribution in [-0.2, 0) is 4.79 Å². The number of carbonyl (C=O) groups is 1. The van der Waals surface area contributed by atoms with E-state index in [9.17, 15) is 13.2 Å². The van der Waals surface area contributed by atoms with Crippen LogP contribution in [0.4, 0.5) is 13.2 Å². The Labute approximate surface area is 79.9 Å². The highest BCUT2D eigenvalue weighted by Gasteiger charge is 2.38. The van der Waals surface area contributed by atoms with Crippen molar-refractivity contribution < 1.29 is 23.1 Å². The maximum absolute atomic E-state index is 10.6. The van der Waals surface area contributed by atoms with Crippen LogP contribution >= 0.6 is 12.8 Å². The molecule has 0 aliphatic carbocycles. The maximum Gasteiger partial charge on any atom is 0.490 e. The van der Waals surface area contributed by atoms with Gasteiger partial charge in [-0.2, -0.15) is 13.2 Å². The number of carboxylic acids is 1. The average molecular weight is 219 g/mol. The second-order valence-electron chi connectivity index (χ2n) is 2.06. The Balaban J connectivity index is 0. The molecule has 0 atom stereocenters. The summed E-state index contributed by atoms with van der Waals surface area (Å²) in [5, 5.41) is 7.12. The van der Waals surface area contributed by atoms with E-state index in [1.54, 1.807) is 0 Å². The number of aliphatic carboxylic acids is 1. The molecule has 0 saturated heterocycles. The second kappa shape index (κ2) is 8.18. The standard InChI is InChI=1S/C4H11NS.C2HF3O2/c1-2-3-4-5-6;3-2(4,5)1(6)7/h5-6H,2-4H2,1H3;(H,6,7). The summed E-state index contributed by atoms with van der Waals surface area (Å²) in [5.74, 6) is -2.76. The molecule has 0 aromatic rings. The number of hydrogen-bond donors (Lipinski definition) is 3. The lowest BCUT2D eigenvalue weighted by Gasteiger charge is -1.93. The van der Waals surface area contributed by atoms with Crippen molar-refractivity contribution in [2.75, 3.05) is 6.54 Å². The van der Waals surface area contributed by atoms with Crippen LogP contribution in [0, 0.1) is 0 Å². The van der Waals surface area contributed by atoms with Gasteiger partial charge in [0.25, 0.3) is 0 Å². The first-order valence-electron chi connectivity index (χ1n) is 3.53. The van der Waals surface area contributed by atoms with Crippen LogP contribution in [0.5, 0.6) is 0 Å². The van der Waals surface area contributed by atoms with Gasteiger partial charge in [0.2, 0.25) is 0 Å². The normalized spacial score (nSPS) is 10.2. The van der Waals surface area contributed by atoms with Crippen LogP contribution in [0.3, 0.4) is 0 Å². The summed E-state index contributed by atoms with van der Waals surface area (Å²) in [5.41, 5.74) is 0. The van der Waals surface area contributed by atoms with E-state index in [4.69, 9.17) is 9.90 Å². The number of thiol groups is 1. The van der Waals surface area contributed by atoms with Gasteiger partial charge in [-0.1, -0.05) is 26.2 Å². The van der Waals surface area contributed by atoms with Crippen molar-refractivity contribution in [3.05, 3.63) is 0 Å². The lowest BCUT2D eigenvalue weighted by atomic mass is 10.3. The Kier molecular flexibility index (Phi) is 9.48. The summed E-state index contributed by atoms with van der Waals surface area (Å²) in [6.45, 7) is 3.19. The van der Waals surface area contributed by atoms with E-state index in [0.29, 0.717) is 0 Å². The summed E-state index contributed by atoms with van der Waals surface area (Å²) in [6, 6.07) is 0. The fourth-order valence-electron chi connectivity index (χ4n) is 0.256. The molecule has 0 rings (SSSR count). The molecule has 0 spiro atoms. The van der Waals surface area contributed by atoms with Gasteiger partial charge in [-0.25, -0.2) is 4.79 Å². The van der Waals surface area contributed by atoms with Crippen molar-refractivity contribution in [2.45, 2.75) is 25.9 Å². The fourth-order valence-corrected chi connectivity index (χ4v) is 0.414. The first-order valence-corrected chi connectivity index (χ1v) is 3.98. The second-order valence-corrected chi connectivity index (χ2v) is 2.38. The van der Waals surface area contributed by atoms with Crippen molar-refractivity contribution in [1.29, 1.82) is 0 Å². The quantitative estimate of drug-likeness (QED) is 0.501. The lowest BCUT2D eigenvalue weighted by Crippen LogP contribution is -2.21. The summed E-state index contributed by atoms with van der Waals surface area (Å²) in [4.78, 5) is 8.90. The van der Waals surface area contributed by atoms with Gasteiger partial charge in [0.1, 0.15) is 0 Å². The number of rotatable bonds is 3.